The summed E-state index contributed by atoms with van der Waals surface area (Å²) in [6.07, 6.45) is 1.28. The van der Waals surface area contributed by atoms with Gasteiger partial charge in [-0.15, -0.1) is 0 Å². The van der Waals surface area contributed by atoms with Gasteiger partial charge in [0.25, 0.3) is 5.91 Å². The molecule has 0 aliphatic carbocycles. The van der Waals surface area contributed by atoms with E-state index in [1.54, 1.807) is 0 Å². The molecule has 1 atom stereocenters. The van der Waals surface area contributed by atoms with Crippen LogP contribution in [0.15, 0.2) is 28.7 Å². The van der Waals surface area contributed by atoms with Gasteiger partial charge in [0.15, 0.2) is 0 Å². The zero-order valence-electron chi connectivity index (χ0n) is 11.3. The molecule has 20 heavy (non-hydrogen) atoms. The molecule has 1 aromatic rings. The second-order valence-corrected chi connectivity index (χ2v) is 6.32. The van der Waals surface area contributed by atoms with Gasteiger partial charge in [0.2, 0.25) is 0 Å². The smallest absolute Gasteiger partial charge is 0.254 e. The van der Waals surface area contributed by atoms with Crippen LogP contribution in [0.25, 0.3) is 0 Å². The molecule has 4 nitrogen and oxygen atoms in total. The normalized spacial score (nSPS) is 22.9. The van der Waals surface area contributed by atoms with Gasteiger partial charge in [0.05, 0.1) is 19.3 Å². The van der Waals surface area contributed by atoms with Crippen LogP contribution in [0, 0.1) is 5.92 Å². The molecule has 1 unspecified atom stereocenters. The molecule has 1 amide bonds. The first kappa shape index (κ1) is 14.0. The first-order valence-electron chi connectivity index (χ1n) is 6.96. The molecule has 2 heterocycles. The summed E-state index contributed by atoms with van der Waals surface area (Å²) < 4.78 is 12.1. The van der Waals surface area contributed by atoms with Crippen molar-refractivity contribution in [2.75, 3.05) is 32.9 Å². The second kappa shape index (κ2) is 6.24. The predicted octanol–water partition coefficient (Wildman–Crippen LogP) is 2.33. The summed E-state index contributed by atoms with van der Waals surface area (Å²) in [6, 6.07) is 7.47. The van der Waals surface area contributed by atoms with Gasteiger partial charge in [-0.2, -0.15) is 0 Å². The number of hydrogen-bond acceptors (Lipinski definition) is 3. The minimum absolute atomic E-state index is 0.0848. The van der Waals surface area contributed by atoms with Crippen LogP contribution in [-0.4, -0.2) is 49.8 Å². The Bertz CT molecular complexity index is 465. The average molecular weight is 340 g/mol. The van der Waals surface area contributed by atoms with Crippen molar-refractivity contribution >= 4 is 21.8 Å². The van der Waals surface area contributed by atoms with Crippen molar-refractivity contribution in [1.82, 2.24) is 4.90 Å². The maximum absolute atomic E-state index is 12.2. The van der Waals surface area contributed by atoms with Crippen molar-refractivity contribution < 1.29 is 14.3 Å². The minimum Gasteiger partial charge on any atom is -0.381 e. The van der Waals surface area contributed by atoms with E-state index in [1.807, 2.05) is 29.2 Å². The molecule has 0 radical (unpaired) electrons. The summed E-state index contributed by atoms with van der Waals surface area (Å²) in [7, 11) is 0. The molecule has 2 saturated heterocycles. The number of halogens is 1. The summed E-state index contributed by atoms with van der Waals surface area (Å²) in [4.78, 5) is 14.0. The van der Waals surface area contributed by atoms with E-state index < -0.39 is 0 Å². The largest absolute Gasteiger partial charge is 0.381 e. The molecule has 0 spiro atoms. The Labute approximate surface area is 127 Å². The molecular formula is C15H18BrNO3. The van der Waals surface area contributed by atoms with Gasteiger partial charge in [-0.25, -0.2) is 0 Å². The van der Waals surface area contributed by atoms with Crippen LogP contribution in [0.3, 0.4) is 0 Å². The number of nitrogens with zero attached hydrogens (tertiary/aromatic N) is 1. The quantitative estimate of drug-likeness (QED) is 0.845. The van der Waals surface area contributed by atoms with Crippen molar-refractivity contribution in [3.05, 3.63) is 34.3 Å². The SMILES string of the molecule is O=C(c1ccc(Br)cc1)N1CC(OCC2CCOC2)C1. The lowest BCUT2D eigenvalue weighted by Gasteiger charge is -2.39. The van der Waals surface area contributed by atoms with Crippen LogP contribution in [0.4, 0.5) is 0 Å². The summed E-state index contributed by atoms with van der Waals surface area (Å²) in [6.45, 7) is 3.82. The van der Waals surface area contributed by atoms with Crippen LogP contribution >= 0.6 is 15.9 Å². The number of likely N-dealkylation sites (tertiary alicyclic amines) is 1. The maximum atomic E-state index is 12.2. The highest BCUT2D eigenvalue weighted by Crippen LogP contribution is 2.20. The van der Waals surface area contributed by atoms with E-state index in [2.05, 4.69) is 15.9 Å². The average Bonchev–Trinajstić information content (AvgIpc) is 2.90. The van der Waals surface area contributed by atoms with Gasteiger partial charge >= 0.3 is 0 Å². The molecular weight excluding hydrogens is 322 g/mol. The number of hydrogen-bond donors (Lipinski definition) is 0. The molecule has 2 aliphatic heterocycles. The number of benzene rings is 1. The van der Waals surface area contributed by atoms with Gasteiger partial charge in [-0.3, -0.25) is 4.79 Å². The van der Waals surface area contributed by atoms with E-state index in [-0.39, 0.29) is 12.0 Å². The fourth-order valence-corrected chi connectivity index (χ4v) is 2.74. The van der Waals surface area contributed by atoms with E-state index in [4.69, 9.17) is 9.47 Å². The number of amides is 1. The van der Waals surface area contributed by atoms with Crippen molar-refractivity contribution in [1.29, 1.82) is 0 Å². The Morgan fingerprint density at radius 3 is 2.75 bits per heavy atom. The van der Waals surface area contributed by atoms with E-state index in [9.17, 15) is 4.79 Å². The fraction of sp³-hybridized carbons (Fsp3) is 0.533. The molecule has 0 saturated carbocycles. The molecule has 2 aliphatic rings. The molecule has 0 bridgehead atoms. The van der Waals surface area contributed by atoms with Gasteiger partial charge < -0.3 is 14.4 Å². The van der Waals surface area contributed by atoms with E-state index in [0.717, 1.165) is 36.3 Å². The molecule has 3 rings (SSSR count). The molecule has 2 fully saturated rings. The first-order chi connectivity index (χ1) is 9.72. The third-order valence-corrected chi connectivity index (χ3v) is 4.35. The third-order valence-electron chi connectivity index (χ3n) is 3.82. The van der Waals surface area contributed by atoms with Crippen LogP contribution in [0.1, 0.15) is 16.8 Å². The predicted molar refractivity (Wildman–Crippen MR) is 78.7 cm³/mol. The second-order valence-electron chi connectivity index (χ2n) is 5.40. The Hall–Kier alpha value is -0.910. The summed E-state index contributed by atoms with van der Waals surface area (Å²) in [5.41, 5.74) is 0.732. The first-order valence-corrected chi connectivity index (χ1v) is 7.76. The van der Waals surface area contributed by atoms with Crippen molar-refractivity contribution in [2.24, 2.45) is 5.92 Å². The standard InChI is InChI=1S/C15H18BrNO3/c16-13-3-1-12(2-4-13)15(18)17-7-14(8-17)20-10-11-5-6-19-9-11/h1-4,11,14H,5-10H2. The lowest BCUT2D eigenvalue weighted by atomic mass is 10.1. The molecule has 0 aromatic heterocycles. The van der Waals surface area contributed by atoms with Gasteiger partial charge in [0, 0.05) is 35.7 Å². The Balaban J connectivity index is 1.42. The lowest BCUT2D eigenvalue weighted by molar-refractivity contribution is -0.0541. The summed E-state index contributed by atoms with van der Waals surface area (Å²) in [5, 5.41) is 0. The van der Waals surface area contributed by atoms with Crippen LogP contribution in [0.5, 0.6) is 0 Å². The van der Waals surface area contributed by atoms with Crippen LogP contribution in [0.2, 0.25) is 0 Å². The monoisotopic (exact) mass is 339 g/mol. The minimum atomic E-state index is 0.0848. The Kier molecular flexibility index (Phi) is 4.38. The third kappa shape index (κ3) is 3.22. The number of carbonyl (C=O) groups excluding carboxylic acids is 1. The van der Waals surface area contributed by atoms with Crippen molar-refractivity contribution in [3.63, 3.8) is 0 Å². The summed E-state index contributed by atoms with van der Waals surface area (Å²) >= 11 is 3.37. The number of ether oxygens (including phenoxy) is 2. The van der Waals surface area contributed by atoms with E-state index in [0.29, 0.717) is 19.0 Å². The topological polar surface area (TPSA) is 38.8 Å². The highest BCUT2D eigenvalue weighted by atomic mass is 79.9. The zero-order valence-corrected chi connectivity index (χ0v) is 12.8. The van der Waals surface area contributed by atoms with Crippen LogP contribution in [-0.2, 0) is 9.47 Å². The molecule has 1 aromatic carbocycles. The van der Waals surface area contributed by atoms with Crippen LogP contribution < -0.4 is 0 Å². The fourth-order valence-electron chi connectivity index (χ4n) is 2.47. The number of rotatable bonds is 4. The van der Waals surface area contributed by atoms with Crippen molar-refractivity contribution in [2.45, 2.75) is 12.5 Å². The lowest BCUT2D eigenvalue weighted by Crippen LogP contribution is -2.55. The summed E-state index contributed by atoms with van der Waals surface area (Å²) in [5.74, 6) is 0.618. The van der Waals surface area contributed by atoms with E-state index in [1.165, 1.54) is 0 Å². The zero-order chi connectivity index (χ0) is 13.9. The Morgan fingerprint density at radius 2 is 2.10 bits per heavy atom. The highest BCUT2D eigenvalue weighted by molar-refractivity contribution is 9.10. The van der Waals surface area contributed by atoms with Gasteiger partial charge in [-0.05, 0) is 30.7 Å². The Morgan fingerprint density at radius 1 is 1.35 bits per heavy atom. The van der Waals surface area contributed by atoms with Crippen molar-refractivity contribution in [3.8, 4) is 0 Å². The van der Waals surface area contributed by atoms with Gasteiger partial charge in [-0.1, -0.05) is 15.9 Å². The maximum Gasteiger partial charge on any atom is 0.254 e. The molecule has 108 valence electrons. The van der Waals surface area contributed by atoms with Gasteiger partial charge in [0.1, 0.15) is 0 Å². The molecule has 0 N–H and O–H groups in total. The molecule has 5 heteroatoms. The van der Waals surface area contributed by atoms with E-state index >= 15 is 0 Å². The number of carbonyl (C=O) groups is 1. The highest BCUT2D eigenvalue weighted by Gasteiger charge is 2.32.